The van der Waals surface area contributed by atoms with Gasteiger partial charge in [-0.05, 0) is 36.4 Å². The molecular formula is C16H11N3O3. The molecule has 0 saturated carbocycles. The maximum atomic E-state index is 12.0. The first-order chi connectivity index (χ1) is 10.8. The molecule has 0 bridgehead atoms. The van der Waals surface area contributed by atoms with E-state index in [-0.39, 0.29) is 6.01 Å². The van der Waals surface area contributed by atoms with Gasteiger partial charge in [0.25, 0.3) is 0 Å². The van der Waals surface area contributed by atoms with E-state index in [1.165, 1.54) is 12.7 Å². The van der Waals surface area contributed by atoms with Gasteiger partial charge in [0.2, 0.25) is 0 Å². The van der Waals surface area contributed by atoms with Crippen molar-refractivity contribution in [3.8, 4) is 17.5 Å². The summed E-state index contributed by atoms with van der Waals surface area (Å²) < 4.78 is 10.7. The van der Waals surface area contributed by atoms with Gasteiger partial charge in [-0.25, -0.2) is 9.78 Å². The van der Waals surface area contributed by atoms with Crippen molar-refractivity contribution in [1.29, 1.82) is 0 Å². The van der Waals surface area contributed by atoms with E-state index in [2.05, 4.69) is 15.0 Å². The normalized spacial score (nSPS) is 10.0. The van der Waals surface area contributed by atoms with Crippen LogP contribution in [0.3, 0.4) is 0 Å². The molecule has 3 rings (SSSR count). The van der Waals surface area contributed by atoms with E-state index in [1.54, 1.807) is 48.5 Å². The first kappa shape index (κ1) is 13.7. The molecule has 0 amide bonds. The largest absolute Gasteiger partial charge is 0.424 e. The number of carbonyl (C=O) groups is 1. The number of hydrogen-bond donors (Lipinski definition) is 0. The predicted octanol–water partition coefficient (Wildman–Crippen LogP) is 2.88. The molecule has 0 saturated heterocycles. The molecule has 1 heterocycles. The van der Waals surface area contributed by atoms with Crippen LogP contribution < -0.4 is 9.47 Å². The van der Waals surface area contributed by atoms with Crippen LogP contribution in [0.4, 0.5) is 0 Å². The van der Waals surface area contributed by atoms with Crippen molar-refractivity contribution in [2.45, 2.75) is 0 Å². The Morgan fingerprint density at radius 1 is 0.818 bits per heavy atom. The molecule has 6 heteroatoms. The van der Waals surface area contributed by atoms with Gasteiger partial charge in [0.05, 0.1) is 5.56 Å². The number of carbonyl (C=O) groups excluding carboxylic acids is 1. The second-order valence-electron chi connectivity index (χ2n) is 4.25. The predicted molar refractivity (Wildman–Crippen MR) is 77.7 cm³/mol. The quantitative estimate of drug-likeness (QED) is 0.544. The van der Waals surface area contributed by atoms with Gasteiger partial charge < -0.3 is 9.47 Å². The Morgan fingerprint density at radius 2 is 1.50 bits per heavy atom. The highest BCUT2D eigenvalue weighted by Gasteiger charge is 2.09. The molecule has 0 radical (unpaired) electrons. The molecule has 22 heavy (non-hydrogen) atoms. The van der Waals surface area contributed by atoms with E-state index in [0.29, 0.717) is 17.1 Å². The Labute approximate surface area is 126 Å². The smallest absolute Gasteiger partial charge is 0.343 e. The maximum absolute atomic E-state index is 12.0. The lowest BCUT2D eigenvalue weighted by atomic mass is 10.2. The lowest BCUT2D eigenvalue weighted by Gasteiger charge is -2.05. The Hall–Kier alpha value is -3.28. The van der Waals surface area contributed by atoms with Gasteiger partial charge in [-0.1, -0.05) is 18.2 Å². The number of rotatable bonds is 4. The van der Waals surface area contributed by atoms with Gasteiger partial charge in [0, 0.05) is 0 Å². The molecule has 2 aromatic carbocycles. The summed E-state index contributed by atoms with van der Waals surface area (Å²) in [5.41, 5.74) is 0.423. The van der Waals surface area contributed by atoms with Crippen LogP contribution in [0.15, 0.2) is 67.3 Å². The monoisotopic (exact) mass is 293 g/mol. The Balaban J connectivity index is 1.67. The summed E-state index contributed by atoms with van der Waals surface area (Å²) >= 11 is 0. The number of nitrogens with zero attached hydrogens (tertiary/aromatic N) is 3. The summed E-state index contributed by atoms with van der Waals surface area (Å²) in [5.74, 6) is 0.582. The first-order valence-corrected chi connectivity index (χ1v) is 6.48. The fourth-order valence-electron chi connectivity index (χ4n) is 1.70. The number of benzene rings is 2. The third kappa shape index (κ3) is 3.43. The molecule has 0 aliphatic heterocycles. The molecule has 0 fully saturated rings. The standard InChI is InChI=1S/C16H11N3O3/c20-15(21-13-4-2-1-3-5-13)12-6-8-14(9-7-12)22-16-18-10-17-11-19-16/h1-11H. The summed E-state index contributed by atoms with van der Waals surface area (Å²) in [5, 5.41) is 0. The van der Waals surface area contributed by atoms with Crippen molar-refractivity contribution in [2.75, 3.05) is 0 Å². The van der Waals surface area contributed by atoms with Crippen molar-refractivity contribution < 1.29 is 14.3 Å². The van der Waals surface area contributed by atoms with Crippen LogP contribution in [-0.2, 0) is 0 Å². The van der Waals surface area contributed by atoms with Gasteiger partial charge in [0.15, 0.2) is 0 Å². The van der Waals surface area contributed by atoms with E-state index in [1.807, 2.05) is 6.07 Å². The maximum Gasteiger partial charge on any atom is 0.343 e. The summed E-state index contributed by atoms with van der Waals surface area (Å²) in [6, 6.07) is 15.6. The van der Waals surface area contributed by atoms with E-state index in [0.717, 1.165) is 0 Å². The molecular weight excluding hydrogens is 282 g/mol. The van der Waals surface area contributed by atoms with Crippen molar-refractivity contribution in [3.63, 3.8) is 0 Å². The molecule has 108 valence electrons. The second-order valence-corrected chi connectivity index (χ2v) is 4.25. The lowest BCUT2D eigenvalue weighted by Crippen LogP contribution is -2.08. The summed E-state index contributed by atoms with van der Waals surface area (Å²) in [6.45, 7) is 0. The van der Waals surface area contributed by atoms with Crippen LogP contribution >= 0.6 is 0 Å². The molecule has 0 aliphatic rings. The van der Waals surface area contributed by atoms with E-state index < -0.39 is 5.97 Å². The molecule has 1 aromatic heterocycles. The third-order valence-electron chi connectivity index (χ3n) is 2.72. The zero-order chi connectivity index (χ0) is 15.2. The van der Waals surface area contributed by atoms with Crippen LogP contribution in [0.1, 0.15) is 10.4 Å². The summed E-state index contributed by atoms with van der Waals surface area (Å²) in [7, 11) is 0. The van der Waals surface area contributed by atoms with Crippen molar-refractivity contribution in [2.24, 2.45) is 0 Å². The molecule has 6 nitrogen and oxygen atoms in total. The third-order valence-corrected chi connectivity index (χ3v) is 2.72. The van der Waals surface area contributed by atoms with Gasteiger partial charge >= 0.3 is 12.0 Å². The number of aromatic nitrogens is 3. The number of ether oxygens (including phenoxy) is 2. The van der Waals surface area contributed by atoms with Gasteiger partial charge in [0.1, 0.15) is 24.2 Å². The summed E-state index contributed by atoms with van der Waals surface area (Å²) in [6.07, 6.45) is 2.68. The number of esters is 1. The molecule has 3 aromatic rings. The highest BCUT2D eigenvalue weighted by molar-refractivity contribution is 5.91. The minimum atomic E-state index is -0.432. The van der Waals surface area contributed by atoms with E-state index in [4.69, 9.17) is 9.47 Å². The van der Waals surface area contributed by atoms with Gasteiger partial charge in [-0.3, -0.25) is 0 Å². The van der Waals surface area contributed by atoms with E-state index >= 15 is 0 Å². The zero-order valence-electron chi connectivity index (χ0n) is 11.4. The van der Waals surface area contributed by atoms with Crippen LogP contribution in [0.5, 0.6) is 17.5 Å². The highest BCUT2D eigenvalue weighted by Crippen LogP contribution is 2.18. The van der Waals surface area contributed by atoms with Crippen LogP contribution in [0.2, 0.25) is 0 Å². The Bertz CT molecular complexity index is 747. The topological polar surface area (TPSA) is 74.2 Å². The summed E-state index contributed by atoms with van der Waals surface area (Å²) in [4.78, 5) is 23.4. The van der Waals surface area contributed by atoms with Crippen LogP contribution in [0.25, 0.3) is 0 Å². The van der Waals surface area contributed by atoms with Crippen molar-refractivity contribution >= 4 is 5.97 Å². The molecule has 0 N–H and O–H groups in total. The number of para-hydroxylation sites is 1. The lowest BCUT2D eigenvalue weighted by molar-refractivity contribution is 0.0735. The molecule has 0 spiro atoms. The van der Waals surface area contributed by atoms with Crippen molar-refractivity contribution in [3.05, 3.63) is 72.8 Å². The molecule has 0 atom stereocenters. The Morgan fingerprint density at radius 3 is 2.18 bits per heavy atom. The molecule has 0 aliphatic carbocycles. The van der Waals surface area contributed by atoms with Gasteiger partial charge in [-0.15, -0.1) is 0 Å². The average Bonchev–Trinajstić information content (AvgIpc) is 2.57. The zero-order valence-corrected chi connectivity index (χ0v) is 11.4. The van der Waals surface area contributed by atoms with E-state index in [9.17, 15) is 4.79 Å². The van der Waals surface area contributed by atoms with Gasteiger partial charge in [-0.2, -0.15) is 9.97 Å². The van der Waals surface area contributed by atoms with Crippen molar-refractivity contribution in [1.82, 2.24) is 15.0 Å². The number of hydrogen-bond acceptors (Lipinski definition) is 6. The molecule has 0 unspecified atom stereocenters. The van der Waals surface area contributed by atoms with Crippen LogP contribution in [0, 0.1) is 0 Å². The first-order valence-electron chi connectivity index (χ1n) is 6.48. The van der Waals surface area contributed by atoms with Crippen LogP contribution in [-0.4, -0.2) is 20.9 Å². The fraction of sp³-hybridized carbons (Fsp3) is 0. The highest BCUT2D eigenvalue weighted by atomic mass is 16.5. The Kier molecular flexibility index (Phi) is 4.01. The SMILES string of the molecule is O=C(Oc1ccccc1)c1ccc(Oc2ncncn2)cc1. The minimum Gasteiger partial charge on any atom is -0.424 e. The minimum absolute atomic E-state index is 0.189. The fourth-order valence-corrected chi connectivity index (χ4v) is 1.70. The average molecular weight is 293 g/mol. The second kappa shape index (κ2) is 6.45.